The molecule has 0 saturated carbocycles. The van der Waals surface area contributed by atoms with Crippen LogP contribution in [0.3, 0.4) is 0 Å². The quantitative estimate of drug-likeness (QED) is 0.926. The summed E-state index contributed by atoms with van der Waals surface area (Å²) in [5.41, 5.74) is 1.08. The Labute approximate surface area is 130 Å². The van der Waals surface area contributed by atoms with Crippen molar-refractivity contribution in [1.29, 1.82) is 0 Å². The molecule has 0 aliphatic carbocycles. The lowest BCUT2D eigenvalue weighted by molar-refractivity contribution is 0.0258. The van der Waals surface area contributed by atoms with Crippen LogP contribution in [-0.2, 0) is 4.74 Å². The van der Waals surface area contributed by atoms with Crippen LogP contribution in [0.1, 0.15) is 24.5 Å². The van der Waals surface area contributed by atoms with Gasteiger partial charge >= 0.3 is 0 Å². The van der Waals surface area contributed by atoms with E-state index in [1.165, 1.54) is 11.5 Å². The molecule has 2 saturated heterocycles. The summed E-state index contributed by atoms with van der Waals surface area (Å²) >= 11 is 2.01. The fraction of sp³-hybridized carbons (Fsp3) is 0.625. The fourth-order valence-corrected chi connectivity index (χ4v) is 3.90. The Bertz CT molecular complexity index is 457. The predicted molar refractivity (Wildman–Crippen MR) is 85.5 cm³/mol. The standard InChI is InChI=1S/C16H23NO3S/c1-18-16-13(15-11-17-7-8-19-15)3-2-4-14(16)20-12-5-9-21-10-6-12/h2-4,12,15,17H,5-11H2,1H3. The summed E-state index contributed by atoms with van der Waals surface area (Å²) in [6.07, 6.45) is 2.57. The highest BCUT2D eigenvalue weighted by Crippen LogP contribution is 2.38. The van der Waals surface area contributed by atoms with E-state index in [0.29, 0.717) is 6.10 Å². The maximum atomic E-state index is 6.19. The van der Waals surface area contributed by atoms with Crippen LogP contribution in [0.25, 0.3) is 0 Å². The molecule has 1 aromatic rings. The summed E-state index contributed by atoms with van der Waals surface area (Å²) in [6, 6.07) is 6.10. The average molecular weight is 309 g/mol. The summed E-state index contributed by atoms with van der Waals surface area (Å²) in [5, 5.41) is 3.36. The third-order valence-corrected chi connectivity index (χ3v) is 5.00. The summed E-state index contributed by atoms with van der Waals surface area (Å²) in [4.78, 5) is 0. The molecular weight excluding hydrogens is 286 g/mol. The zero-order valence-electron chi connectivity index (χ0n) is 12.5. The number of methoxy groups -OCH3 is 1. The molecule has 2 heterocycles. The van der Waals surface area contributed by atoms with Gasteiger partial charge in [0.05, 0.1) is 19.8 Å². The Morgan fingerprint density at radius 3 is 2.86 bits per heavy atom. The van der Waals surface area contributed by atoms with Crippen molar-refractivity contribution in [2.24, 2.45) is 0 Å². The Morgan fingerprint density at radius 1 is 1.29 bits per heavy atom. The molecule has 0 radical (unpaired) electrons. The van der Waals surface area contributed by atoms with E-state index in [4.69, 9.17) is 14.2 Å². The van der Waals surface area contributed by atoms with Gasteiger partial charge < -0.3 is 19.5 Å². The minimum absolute atomic E-state index is 0.0409. The third-order valence-electron chi connectivity index (χ3n) is 3.95. The zero-order valence-corrected chi connectivity index (χ0v) is 13.3. The number of morpholine rings is 1. The molecule has 1 aromatic carbocycles. The smallest absolute Gasteiger partial charge is 0.166 e. The summed E-state index contributed by atoms with van der Waals surface area (Å²) in [6.45, 7) is 2.47. The van der Waals surface area contributed by atoms with Crippen LogP contribution in [0.4, 0.5) is 0 Å². The number of para-hydroxylation sites is 1. The molecular formula is C16H23NO3S. The number of hydrogen-bond acceptors (Lipinski definition) is 5. The van der Waals surface area contributed by atoms with E-state index in [0.717, 1.165) is 49.6 Å². The van der Waals surface area contributed by atoms with Gasteiger partial charge in [0.25, 0.3) is 0 Å². The molecule has 2 aliphatic rings. The van der Waals surface area contributed by atoms with Gasteiger partial charge in [-0.05, 0) is 30.4 Å². The SMILES string of the molecule is COc1c(OC2CCSCC2)cccc1C1CNCCO1. The number of benzene rings is 1. The summed E-state index contributed by atoms with van der Waals surface area (Å²) < 4.78 is 17.7. The molecule has 0 aromatic heterocycles. The first-order chi connectivity index (χ1) is 10.4. The van der Waals surface area contributed by atoms with E-state index in [9.17, 15) is 0 Å². The first kappa shape index (κ1) is 15.0. The van der Waals surface area contributed by atoms with Gasteiger partial charge in [-0.15, -0.1) is 0 Å². The molecule has 3 rings (SSSR count). The van der Waals surface area contributed by atoms with Crippen LogP contribution in [0.5, 0.6) is 11.5 Å². The van der Waals surface area contributed by atoms with E-state index in [-0.39, 0.29) is 6.10 Å². The monoisotopic (exact) mass is 309 g/mol. The van der Waals surface area contributed by atoms with Crippen molar-refractivity contribution in [2.75, 3.05) is 38.3 Å². The lowest BCUT2D eigenvalue weighted by Gasteiger charge is -2.28. The van der Waals surface area contributed by atoms with E-state index in [1.807, 2.05) is 23.9 Å². The first-order valence-corrected chi connectivity index (χ1v) is 8.77. The van der Waals surface area contributed by atoms with E-state index in [2.05, 4.69) is 11.4 Å². The summed E-state index contributed by atoms with van der Waals surface area (Å²) in [7, 11) is 1.71. The van der Waals surface area contributed by atoms with Crippen LogP contribution in [0, 0.1) is 0 Å². The van der Waals surface area contributed by atoms with Gasteiger partial charge in [0, 0.05) is 18.7 Å². The number of hydrogen-bond donors (Lipinski definition) is 1. The second kappa shape index (κ2) is 7.38. The van der Waals surface area contributed by atoms with Gasteiger partial charge in [-0.25, -0.2) is 0 Å². The average Bonchev–Trinajstić information content (AvgIpc) is 2.56. The van der Waals surface area contributed by atoms with Gasteiger partial charge in [-0.1, -0.05) is 12.1 Å². The van der Waals surface area contributed by atoms with Crippen LogP contribution >= 0.6 is 11.8 Å². The zero-order chi connectivity index (χ0) is 14.5. The maximum Gasteiger partial charge on any atom is 0.166 e. The van der Waals surface area contributed by atoms with Crippen LogP contribution < -0.4 is 14.8 Å². The van der Waals surface area contributed by atoms with Crippen molar-refractivity contribution in [3.8, 4) is 11.5 Å². The second-order valence-corrected chi connectivity index (χ2v) is 6.60. The third kappa shape index (κ3) is 3.65. The number of ether oxygens (including phenoxy) is 3. The van der Waals surface area contributed by atoms with Crippen LogP contribution in [-0.4, -0.2) is 44.4 Å². The molecule has 0 amide bonds. The van der Waals surface area contributed by atoms with Crippen molar-refractivity contribution < 1.29 is 14.2 Å². The predicted octanol–water partition coefficient (Wildman–Crippen LogP) is 2.63. The topological polar surface area (TPSA) is 39.7 Å². The Morgan fingerprint density at radius 2 is 2.14 bits per heavy atom. The van der Waals surface area contributed by atoms with E-state index >= 15 is 0 Å². The molecule has 2 aliphatic heterocycles. The minimum Gasteiger partial charge on any atom is -0.492 e. The van der Waals surface area contributed by atoms with Crippen molar-refractivity contribution in [3.05, 3.63) is 23.8 Å². The normalized spacial score (nSPS) is 23.8. The van der Waals surface area contributed by atoms with Crippen molar-refractivity contribution in [3.63, 3.8) is 0 Å². The van der Waals surface area contributed by atoms with E-state index < -0.39 is 0 Å². The maximum absolute atomic E-state index is 6.19. The Hall–Kier alpha value is -0.910. The van der Waals surface area contributed by atoms with Gasteiger partial charge in [0.15, 0.2) is 11.5 Å². The van der Waals surface area contributed by atoms with Gasteiger partial charge in [0.1, 0.15) is 6.10 Å². The molecule has 1 atom stereocenters. The minimum atomic E-state index is 0.0409. The van der Waals surface area contributed by atoms with Gasteiger partial charge in [0.2, 0.25) is 0 Å². The van der Waals surface area contributed by atoms with Crippen molar-refractivity contribution in [1.82, 2.24) is 5.32 Å². The molecule has 1 unspecified atom stereocenters. The molecule has 4 nitrogen and oxygen atoms in total. The Kier molecular flexibility index (Phi) is 5.27. The van der Waals surface area contributed by atoms with Crippen LogP contribution in [0.2, 0.25) is 0 Å². The van der Waals surface area contributed by atoms with Gasteiger partial charge in [-0.3, -0.25) is 0 Å². The molecule has 2 fully saturated rings. The van der Waals surface area contributed by atoms with Crippen molar-refractivity contribution in [2.45, 2.75) is 25.0 Å². The van der Waals surface area contributed by atoms with E-state index in [1.54, 1.807) is 7.11 Å². The molecule has 0 bridgehead atoms. The largest absolute Gasteiger partial charge is 0.492 e. The number of rotatable bonds is 4. The number of nitrogens with one attached hydrogen (secondary N) is 1. The fourth-order valence-electron chi connectivity index (χ4n) is 2.84. The lowest BCUT2D eigenvalue weighted by Crippen LogP contribution is -2.33. The number of thioether (sulfide) groups is 1. The first-order valence-electron chi connectivity index (χ1n) is 7.62. The van der Waals surface area contributed by atoms with Crippen molar-refractivity contribution >= 4 is 11.8 Å². The van der Waals surface area contributed by atoms with Gasteiger partial charge in [-0.2, -0.15) is 11.8 Å². The molecule has 1 N–H and O–H groups in total. The lowest BCUT2D eigenvalue weighted by atomic mass is 10.1. The molecule has 116 valence electrons. The molecule has 5 heteroatoms. The highest BCUT2D eigenvalue weighted by atomic mass is 32.2. The molecule has 21 heavy (non-hydrogen) atoms. The highest BCUT2D eigenvalue weighted by molar-refractivity contribution is 7.99. The highest BCUT2D eigenvalue weighted by Gasteiger charge is 2.24. The molecule has 0 spiro atoms. The second-order valence-electron chi connectivity index (χ2n) is 5.37. The Balaban J connectivity index is 1.79. The van der Waals surface area contributed by atoms with Crippen LogP contribution in [0.15, 0.2) is 18.2 Å². The summed E-state index contributed by atoms with van der Waals surface area (Å²) in [5.74, 6) is 4.04.